The molecule has 0 spiro atoms. The van der Waals surface area contributed by atoms with Crippen LogP contribution in [0.1, 0.15) is 24.5 Å². The largest absolute Gasteiger partial charge is 0.508 e. The van der Waals surface area contributed by atoms with Gasteiger partial charge >= 0.3 is 5.97 Å². The van der Waals surface area contributed by atoms with E-state index in [1.807, 2.05) is 0 Å². The first-order chi connectivity index (χ1) is 20.7. The van der Waals surface area contributed by atoms with Crippen LogP contribution in [0.4, 0.5) is 5.69 Å². The lowest BCUT2D eigenvalue weighted by Crippen LogP contribution is -2.65. The van der Waals surface area contributed by atoms with Crippen molar-refractivity contribution in [3.63, 3.8) is 0 Å². The number of anilines is 1. The van der Waals surface area contributed by atoms with Crippen molar-refractivity contribution in [2.45, 2.75) is 31.4 Å². The first kappa shape index (κ1) is 30.4. The van der Waals surface area contributed by atoms with E-state index in [9.17, 15) is 44.4 Å². The molecule has 13 nitrogen and oxygen atoms in total. The van der Waals surface area contributed by atoms with Crippen LogP contribution in [0.25, 0.3) is 16.9 Å². The summed E-state index contributed by atoms with van der Waals surface area (Å²) in [6.45, 7) is 0.750. The number of nitrogens with two attached hydrogens (primary N) is 1. The number of aliphatic hydroxyl groups is 3. The van der Waals surface area contributed by atoms with Gasteiger partial charge in [-0.2, -0.15) is 0 Å². The number of carbonyl (C=O) groups is 5. The second-order valence-corrected chi connectivity index (χ2v) is 11.4. The van der Waals surface area contributed by atoms with Gasteiger partial charge in [0.15, 0.2) is 18.0 Å². The molecule has 4 atom stereocenters. The number of amides is 2. The minimum Gasteiger partial charge on any atom is -0.508 e. The number of hydrogen-bond acceptors (Lipinski definition) is 11. The van der Waals surface area contributed by atoms with Crippen molar-refractivity contribution in [2.24, 2.45) is 17.6 Å². The van der Waals surface area contributed by atoms with Gasteiger partial charge in [-0.1, -0.05) is 18.2 Å². The Balaban J connectivity index is 1.57. The molecule has 1 fully saturated rings. The summed E-state index contributed by atoms with van der Waals surface area (Å²) in [5.74, 6) is -8.30. The third-order valence-electron chi connectivity index (χ3n) is 8.49. The second-order valence-electron chi connectivity index (χ2n) is 11.4. The fourth-order valence-electron chi connectivity index (χ4n) is 6.61. The van der Waals surface area contributed by atoms with Gasteiger partial charge in [0.1, 0.15) is 22.8 Å². The molecular formula is C31H31N3O10. The Bertz CT molecular complexity index is 1690. The number of phenols is 1. The van der Waals surface area contributed by atoms with Crippen LogP contribution in [0.3, 0.4) is 0 Å². The highest BCUT2D eigenvalue weighted by Crippen LogP contribution is 2.53. The molecular weight excluding hydrogens is 574 g/mol. The number of benzene rings is 2. The van der Waals surface area contributed by atoms with Crippen molar-refractivity contribution < 1.29 is 49.1 Å². The predicted octanol–water partition coefficient (Wildman–Crippen LogP) is 1.13. The van der Waals surface area contributed by atoms with Crippen molar-refractivity contribution in [3.05, 3.63) is 64.4 Å². The van der Waals surface area contributed by atoms with Crippen LogP contribution in [-0.4, -0.2) is 87.0 Å². The van der Waals surface area contributed by atoms with Crippen LogP contribution in [0.15, 0.2) is 53.3 Å². The number of nitrogens with zero attached hydrogens (tertiary/aromatic N) is 1. The lowest BCUT2D eigenvalue weighted by atomic mass is 9.57. The van der Waals surface area contributed by atoms with Crippen molar-refractivity contribution in [2.75, 3.05) is 26.0 Å². The molecule has 1 saturated carbocycles. The Morgan fingerprint density at radius 2 is 1.73 bits per heavy atom. The summed E-state index contributed by atoms with van der Waals surface area (Å²) in [6.07, 6.45) is 0.0906. The summed E-state index contributed by atoms with van der Waals surface area (Å²) in [5, 5.41) is 47.5. The van der Waals surface area contributed by atoms with Crippen LogP contribution < -0.4 is 11.1 Å². The fourth-order valence-corrected chi connectivity index (χ4v) is 6.61. The normalized spacial score (nSPS) is 24.4. The zero-order chi connectivity index (χ0) is 32.2. The van der Waals surface area contributed by atoms with E-state index in [4.69, 9.17) is 5.73 Å². The summed E-state index contributed by atoms with van der Waals surface area (Å²) < 4.78 is 4.69. The molecule has 2 aromatic rings. The van der Waals surface area contributed by atoms with E-state index in [1.165, 1.54) is 32.0 Å². The minimum absolute atomic E-state index is 0.0300. The van der Waals surface area contributed by atoms with E-state index in [0.717, 1.165) is 0 Å². The Hall–Kier alpha value is -5.01. The number of likely N-dealkylation sites (N-methyl/N-ethyl adjacent to an activating group) is 1. The number of hydrogen-bond donors (Lipinski definition) is 6. The van der Waals surface area contributed by atoms with E-state index >= 15 is 0 Å². The van der Waals surface area contributed by atoms with E-state index in [2.05, 4.69) is 10.1 Å². The van der Waals surface area contributed by atoms with Crippen molar-refractivity contribution in [1.29, 1.82) is 0 Å². The summed E-state index contributed by atoms with van der Waals surface area (Å²) in [7, 11) is 3.07. The van der Waals surface area contributed by atoms with Crippen molar-refractivity contribution in [3.8, 4) is 16.9 Å². The highest BCUT2D eigenvalue weighted by Gasteiger charge is 2.64. The first-order valence-corrected chi connectivity index (χ1v) is 13.7. The Morgan fingerprint density at radius 3 is 2.32 bits per heavy atom. The Kier molecular flexibility index (Phi) is 7.56. The monoisotopic (exact) mass is 605 g/mol. The molecule has 0 bridgehead atoms. The van der Waals surface area contributed by atoms with E-state index in [0.29, 0.717) is 22.4 Å². The predicted molar refractivity (Wildman–Crippen MR) is 155 cm³/mol. The van der Waals surface area contributed by atoms with Crippen LogP contribution in [0, 0.1) is 11.8 Å². The molecule has 0 unspecified atom stereocenters. The molecule has 2 aromatic carbocycles. The van der Waals surface area contributed by atoms with Crippen LogP contribution >= 0.6 is 0 Å². The van der Waals surface area contributed by atoms with Gasteiger partial charge in [-0.05, 0) is 67.7 Å². The summed E-state index contributed by atoms with van der Waals surface area (Å²) in [6, 6.07) is 8.44. The topological polar surface area (TPSA) is 217 Å². The molecule has 0 aliphatic heterocycles. The number of primary amides is 1. The highest BCUT2D eigenvalue weighted by atomic mass is 16.5. The Morgan fingerprint density at radius 1 is 1.07 bits per heavy atom. The van der Waals surface area contributed by atoms with E-state index in [1.54, 1.807) is 30.3 Å². The van der Waals surface area contributed by atoms with Crippen molar-refractivity contribution in [1.82, 2.24) is 4.90 Å². The zero-order valence-corrected chi connectivity index (χ0v) is 24.1. The molecule has 7 N–H and O–H groups in total. The van der Waals surface area contributed by atoms with Crippen LogP contribution in [0.2, 0.25) is 0 Å². The second kappa shape index (κ2) is 10.9. The average molecular weight is 606 g/mol. The van der Waals surface area contributed by atoms with E-state index < -0.39 is 76.5 Å². The lowest BCUT2D eigenvalue weighted by Gasteiger charge is -2.50. The number of esters is 1. The fraction of sp³-hybridized carbons (Fsp3) is 0.323. The zero-order valence-electron chi connectivity index (χ0n) is 24.1. The molecule has 13 heteroatoms. The lowest BCUT2D eigenvalue weighted by molar-refractivity contribution is -0.153. The molecule has 0 radical (unpaired) electrons. The molecule has 230 valence electrons. The number of aliphatic hydroxyl groups excluding tert-OH is 2. The highest BCUT2D eigenvalue weighted by molar-refractivity contribution is 6.24. The first-order valence-electron chi connectivity index (χ1n) is 13.7. The van der Waals surface area contributed by atoms with Gasteiger partial charge in [0.05, 0.1) is 11.6 Å². The van der Waals surface area contributed by atoms with Crippen LogP contribution in [-0.2, 0) is 35.1 Å². The quantitative estimate of drug-likeness (QED) is 0.203. The van der Waals surface area contributed by atoms with Gasteiger partial charge in [-0.3, -0.25) is 28.9 Å². The number of phenolic OH excluding ortho intramolecular Hbond substituents is 1. The Labute approximate surface area is 251 Å². The minimum atomic E-state index is -2.71. The number of fused-ring (bicyclic) bond motifs is 3. The number of nitrogens with one attached hydrogen (secondary N) is 1. The molecule has 0 heterocycles. The summed E-state index contributed by atoms with van der Waals surface area (Å²) in [4.78, 5) is 63.8. The third-order valence-corrected chi connectivity index (χ3v) is 8.49. The van der Waals surface area contributed by atoms with Crippen molar-refractivity contribution >= 4 is 40.8 Å². The molecule has 3 aliphatic carbocycles. The number of rotatable bonds is 6. The molecule has 0 aromatic heterocycles. The van der Waals surface area contributed by atoms with Gasteiger partial charge in [0.2, 0.25) is 5.78 Å². The van der Waals surface area contributed by atoms with Gasteiger partial charge in [0.25, 0.3) is 11.8 Å². The molecule has 5 rings (SSSR count). The van der Waals surface area contributed by atoms with Gasteiger partial charge in [-0.25, -0.2) is 0 Å². The maximum absolute atomic E-state index is 14.0. The number of carbonyl (C=O) groups excluding carboxylic acids is 5. The van der Waals surface area contributed by atoms with Crippen LogP contribution in [0.5, 0.6) is 5.75 Å². The maximum atomic E-state index is 14.0. The van der Waals surface area contributed by atoms with Gasteiger partial charge in [-0.15, -0.1) is 0 Å². The summed E-state index contributed by atoms with van der Waals surface area (Å²) >= 11 is 0. The number of ketones is 2. The SMILES string of the molecule is CC(=O)OCC(=O)Nc1ccc(-c2ccc(O)c3c2C[C@H]2C[C@H]4[C@H](N(C)C)C(=O)C(C(N)=O)=C(O)[C@@]4(O)C(=O)C2=C3O)cc1. The molecule has 3 aliphatic rings. The third kappa shape index (κ3) is 4.70. The standard InChI is InChI=1S/C31H31N3O10/c1-13(35)44-12-21(37)33-16-6-4-14(5-7-16)17-8-9-20(36)23-18(17)10-15-11-19-25(34(2)3)27(39)24(30(32)42)29(41)31(19,43)28(40)22(15)26(23)38/h4-9,15,19,25,36,38,41,43H,10-12H2,1-3H3,(H2,32,42)(H,33,37)/t15-,19-,25-,31-/m0/s1. The summed E-state index contributed by atoms with van der Waals surface area (Å²) in [5.41, 5.74) is 3.69. The molecule has 0 saturated heterocycles. The number of aromatic hydroxyl groups is 1. The molecule has 44 heavy (non-hydrogen) atoms. The van der Waals surface area contributed by atoms with E-state index in [-0.39, 0.29) is 29.7 Å². The molecule has 2 amide bonds. The number of Topliss-reactive ketones (excluding diaryl/α,β-unsaturated/α-hetero) is 2. The number of ether oxygens (including phenoxy) is 1. The van der Waals surface area contributed by atoms with Gasteiger partial charge in [0, 0.05) is 24.1 Å². The maximum Gasteiger partial charge on any atom is 0.303 e. The van der Waals surface area contributed by atoms with Gasteiger partial charge < -0.3 is 36.2 Å². The smallest absolute Gasteiger partial charge is 0.303 e. The average Bonchev–Trinajstić information content (AvgIpc) is 2.94.